The molecule has 0 aliphatic carbocycles. The summed E-state index contributed by atoms with van der Waals surface area (Å²) in [4.78, 5) is 22.9. The molecule has 1 aromatic carbocycles. The zero-order chi connectivity index (χ0) is 13.7. The second-order valence-corrected chi connectivity index (χ2v) is 4.79. The Morgan fingerprint density at radius 1 is 1.50 bits per heavy atom. The minimum absolute atomic E-state index is 0.0534. The fourth-order valence-corrected chi connectivity index (χ4v) is 1.92. The molecule has 98 valence electrons. The Hall–Kier alpha value is -1.40. The minimum Gasteiger partial charge on any atom is -0.478 e. The molecule has 4 N–H and O–H groups in total. The van der Waals surface area contributed by atoms with E-state index in [0.717, 1.165) is 0 Å². The molecule has 5 nitrogen and oxygen atoms in total. The summed E-state index contributed by atoms with van der Waals surface area (Å²) in [5, 5.41) is 11.7. The second kappa shape index (κ2) is 6.51. The maximum atomic E-state index is 11.8. The first-order valence-corrected chi connectivity index (χ1v) is 6.29. The maximum absolute atomic E-state index is 11.8. The first-order valence-electron chi connectivity index (χ1n) is 5.50. The molecular formula is C12H15BrN2O3. The molecule has 18 heavy (non-hydrogen) atoms. The molecule has 0 saturated heterocycles. The van der Waals surface area contributed by atoms with Gasteiger partial charge >= 0.3 is 5.97 Å². The van der Waals surface area contributed by atoms with Crippen LogP contribution >= 0.6 is 15.9 Å². The van der Waals surface area contributed by atoms with Gasteiger partial charge in [0.25, 0.3) is 0 Å². The number of carbonyl (C=O) groups is 2. The van der Waals surface area contributed by atoms with E-state index in [2.05, 4.69) is 21.2 Å². The number of nitrogens with one attached hydrogen (secondary N) is 1. The molecule has 0 aliphatic heterocycles. The van der Waals surface area contributed by atoms with Crippen LogP contribution in [0.15, 0.2) is 22.7 Å². The van der Waals surface area contributed by atoms with E-state index < -0.39 is 5.97 Å². The highest BCUT2D eigenvalue weighted by Gasteiger charge is 2.18. The average molecular weight is 315 g/mol. The zero-order valence-electron chi connectivity index (χ0n) is 9.94. The van der Waals surface area contributed by atoms with E-state index >= 15 is 0 Å². The number of hydrogen-bond donors (Lipinski definition) is 3. The van der Waals surface area contributed by atoms with Crippen LogP contribution in [0.4, 0.5) is 5.69 Å². The third kappa shape index (κ3) is 3.54. The summed E-state index contributed by atoms with van der Waals surface area (Å²) in [7, 11) is 0. The number of carbonyl (C=O) groups excluding carboxylic acids is 1. The number of carboxylic acids is 1. The summed E-state index contributed by atoms with van der Waals surface area (Å²) in [6.07, 6.45) is 0.554. The predicted octanol–water partition coefficient (Wildman–Crippen LogP) is 2.07. The molecule has 1 unspecified atom stereocenters. The molecule has 1 aromatic rings. The number of halogens is 1. The molecule has 1 rings (SSSR count). The Bertz CT molecular complexity index is 463. The average Bonchev–Trinajstić information content (AvgIpc) is 2.31. The zero-order valence-corrected chi connectivity index (χ0v) is 11.5. The predicted molar refractivity (Wildman–Crippen MR) is 72.6 cm³/mol. The van der Waals surface area contributed by atoms with Crippen molar-refractivity contribution in [3.63, 3.8) is 0 Å². The molecule has 0 spiro atoms. The first kappa shape index (κ1) is 14.7. The van der Waals surface area contributed by atoms with Crippen LogP contribution in [-0.2, 0) is 4.79 Å². The van der Waals surface area contributed by atoms with Gasteiger partial charge < -0.3 is 16.2 Å². The van der Waals surface area contributed by atoms with Crippen LogP contribution in [0.3, 0.4) is 0 Å². The lowest BCUT2D eigenvalue weighted by molar-refractivity contribution is -0.119. The number of anilines is 1. The molecule has 1 amide bonds. The van der Waals surface area contributed by atoms with Crippen molar-refractivity contribution in [1.82, 2.24) is 0 Å². The summed E-state index contributed by atoms with van der Waals surface area (Å²) >= 11 is 3.23. The Balaban J connectivity index is 2.96. The molecule has 0 aliphatic rings. The van der Waals surface area contributed by atoms with E-state index in [1.807, 2.05) is 0 Å². The van der Waals surface area contributed by atoms with Gasteiger partial charge in [-0.15, -0.1) is 0 Å². The summed E-state index contributed by atoms with van der Waals surface area (Å²) in [5.41, 5.74) is 5.72. The van der Waals surface area contributed by atoms with Gasteiger partial charge in [0.15, 0.2) is 0 Å². The Morgan fingerprint density at radius 2 is 2.17 bits per heavy atom. The van der Waals surface area contributed by atoms with Crippen molar-refractivity contribution in [2.45, 2.75) is 13.3 Å². The molecule has 0 fully saturated rings. The number of benzene rings is 1. The van der Waals surface area contributed by atoms with Crippen molar-refractivity contribution in [1.29, 1.82) is 0 Å². The third-order valence-electron chi connectivity index (χ3n) is 2.54. The number of aromatic carboxylic acids is 1. The van der Waals surface area contributed by atoms with Crippen LogP contribution in [0.1, 0.15) is 23.7 Å². The number of amides is 1. The van der Waals surface area contributed by atoms with Crippen LogP contribution in [-0.4, -0.2) is 23.5 Å². The number of carboxylic acid groups (broad SMARTS) is 1. The van der Waals surface area contributed by atoms with E-state index in [4.69, 9.17) is 10.8 Å². The van der Waals surface area contributed by atoms with Gasteiger partial charge in [-0.25, -0.2) is 4.79 Å². The summed E-state index contributed by atoms with van der Waals surface area (Å²) in [5.74, 6) is -1.59. The topological polar surface area (TPSA) is 92.4 Å². The van der Waals surface area contributed by atoms with Crippen LogP contribution in [0.2, 0.25) is 0 Å². The largest absolute Gasteiger partial charge is 0.478 e. The van der Waals surface area contributed by atoms with E-state index in [-0.39, 0.29) is 23.1 Å². The second-order valence-electron chi connectivity index (χ2n) is 3.94. The normalized spacial score (nSPS) is 11.9. The number of nitrogens with two attached hydrogens (primary N) is 1. The van der Waals surface area contributed by atoms with E-state index in [1.165, 1.54) is 6.07 Å². The van der Waals surface area contributed by atoms with E-state index in [9.17, 15) is 9.59 Å². The van der Waals surface area contributed by atoms with Crippen molar-refractivity contribution in [2.24, 2.45) is 11.7 Å². The van der Waals surface area contributed by atoms with Crippen molar-refractivity contribution in [3.8, 4) is 0 Å². The summed E-state index contributed by atoms with van der Waals surface area (Å²) in [6, 6.07) is 4.72. The van der Waals surface area contributed by atoms with Gasteiger partial charge in [0, 0.05) is 10.4 Å². The summed E-state index contributed by atoms with van der Waals surface area (Å²) in [6.45, 7) is 2.16. The Morgan fingerprint density at radius 3 is 2.72 bits per heavy atom. The van der Waals surface area contributed by atoms with Gasteiger partial charge in [0.1, 0.15) is 0 Å². The highest BCUT2D eigenvalue weighted by atomic mass is 79.9. The van der Waals surface area contributed by atoms with Gasteiger partial charge in [0.05, 0.1) is 11.3 Å². The van der Waals surface area contributed by atoms with E-state index in [0.29, 0.717) is 17.4 Å². The lowest BCUT2D eigenvalue weighted by Crippen LogP contribution is -2.24. The minimum atomic E-state index is -1.09. The Labute approximate surface area is 113 Å². The Kier molecular flexibility index (Phi) is 5.30. The van der Waals surface area contributed by atoms with Gasteiger partial charge in [-0.1, -0.05) is 13.0 Å². The van der Waals surface area contributed by atoms with Crippen molar-refractivity contribution < 1.29 is 14.7 Å². The van der Waals surface area contributed by atoms with Gasteiger partial charge in [-0.3, -0.25) is 4.79 Å². The standard InChI is InChI=1S/C12H15BrN2O3/c1-7(5-6-14)11(16)15-10-8(12(17)18)3-2-4-9(10)13/h2-4,7H,5-6,14H2,1H3,(H,15,16)(H,17,18). The smallest absolute Gasteiger partial charge is 0.337 e. The van der Waals surface area contributed by atoms with Gasteiger partial charge in [0.2, 0.25) is 5.91 Å². The molecule has 1 atom stereocenters. The van der Waals surface area contributed by atoms with Crippen LogP contribution in [0, 0.1) is 5.92 Å². The fraction of sp³-hybridized carbons (Fsp3) is 0.333. The van der Waals surface area contributed by atoms with Crippen molar-refractivity contribution in [2.75, 3.05) is 11.9 Å². The monoisotopic (exact) mass is 314 g/mol. The van der Waals surface area contributed by atoms with Crippen molar-refractivity contribution >= 4 is 33.5 Å². The lowest BCUT2D eigenvalue weighted by Gasteiger charge is -2.14. The SMILES string of the molecule is CC(CCN)C(=O)Nc1c(Br)cccc1C(=O)O. The van der Waals surface area contributed by atoms with Crippen molar-refractivity contribution in [3.05, 3.63) is 28.2 Å². The number of rotatable bonds is 5. The molecule has 0 bridgehead atoms. The van der Waals surface area contributed by atoms with Crippen LogP contribution in [0.25, 0.3) is 0 Å². The molecule has 0 heterocycles. The van der Waals surface area contributed by atoms with Gasteiger partial charge in [-0.2, -0.15) is 0 Å². The quantitative estimate of drug-likeness (QED) is 0.775. The fourth-order valence-electron chi connectivity index (χ4n) is 1.46. The number of para-hydroxylation sites is 1. The highest BCUT2D eigenvalue weighted by molar-refractivity contribution is 9.10. The van der Waals surface area contributed by atoms with Crippen LogP contribution in [0.5, 0.6) is 0 Å². The maximum Gasteiger partial charge on any atom is 0.337 e. The third-order valence-corrected chi connectivity index (χ3v) is 3.20. The van der Waals surface area contributed by atoms with Gasteiger partial charge in [-0.05, 0) is 41.0 Å². The molecule has 0 saturated carbocycles. The highest BCUT2D eigenvalue weighted by Crippen LogP contribution is 2.27. The molecular weight excluding hydrogens is 300 g/mol. The van der Waals surface area contributed by atoms with E-state index in [1.54, 1.807) is 19.1 Å². The molecule has 6 heteroatoms. The molecule has 0 aromatic heterocycles. The molecule has 0 radical (unpaired) electrons. The van der Waals surface area contributed by atoms with Crippen LogP contribution < -0.4 is 11.1 Å². The summed E-state index contributed by atoms with van der Waals surface area (Å²) < 4.78 is 0.538. The first-order chi connectivity index (χ1) is 8.47. The number of hydrogen-bond acceptors (Lipinski definition) is 3. The lowest BCUT2D eigenvalue weighted by atomic mass is 10.1.